The van der Waals surface area contributed by atoms with Crippen molar-refractivity contribution in [3.8, 4) is 0 Å². The lowest BCUT2D eigenvalue weighted by Gasteiger charge is -1.83. The maximum absolute atomic E-state index is 6.98. The van der Waals surface area contributed by atoms with Gasteiger partial charge in [0.15, 0.2) is 5.05 Å². The molecule has 0 aromatic heterocycles. The molecule has 32 valence electrons. The maximum Gasteiger partial charge on any atom is 0.170 e. The summed E-state index contributed by atoms with van der Waals surface area (Å²) in [6.07, 6.45) is 2.64. The van der Waals surface area contributed by atoms with Crippen LogP contribution in [0.2, 0.25) is 0 Å². The lowest BCUT2D eigenvalue weighted by Crippen LogP contribution is -1.83. The topological polar surface area (TPSA) is 9.23 Å². The molecule has 1 atom stereocenters. The lowest BCUT2D eigenvalue weighted by molar-refractivity contribution is 0.495. The van der Waals surface area contributed by atoms with Crippen molar-refractivity contribution in [2.24, 2.45) is 0 Å². The molecule has 1 aliphatic rings. The molecule has 0 saturated heterocycles. The fourth-order valence-corrected chi connectivity index (χ4v) is 0.398. The first-order valence-electron chi connectivity index (χ1n) is 2.18. The van der Waals surface area contributed by atoms with E-state index in [9.17, 15) is 0 Å². The highest BCUT2D eigenvalue weighted by Crippen LogP contribution is 1.99. The molecule has 0 fully saturated rings. The minimum absolute atomic E-state index is 0.347. The third-order valence-corrected chi connectivity index (χ3v) is 0.727. The molecule has 0 radical (unpaired) electrons. The van der Waals surface area contributed by atoms with Crippen LogP contribution in [0.4, 0.5) is 0 Å². The molecule has 1 heterocycles. The fourth-order valence-electron chi connectivity index (χ4n) is 0.263. The summed E-state index contributed by atoms with van der Waals surface area (Å²) in [6.45, 7) is 0. The van der Waals surface area contributed by atoms with E-state index in [0.717, 1.165) is 0 Å². The number of ether oxygens (including phenoxy) is 1. The highest BCUT2D eigenvalue weighted by Gasteiger charge is 1.95. The SMILES string of the molecule is [2H]C1C=COC1=S. The van der Waals surface area contributed by atoms with Gasteiger partial charge in [-0.25, -0.2) is 0 Å². The van der Waals surface area contributed by atoms with Crippen molar-refractivity contribution < 1.29 is 6.11 Å². The third kappa shape index (κ3) is 0.571. The van der Waals surface area contributed by atoms with E-state index in [1.807, 2.05) is 0 Å². The summed E-state index contributed by atoms with van der Waals surface area (Å²) in [5.74, 6) is 0. The van der Waals surface area contributed by atoms with E-state index in [1.165, 1.54) is 6.26 Å². The van der Waals surface area contributed by atoms with Crippen LogP contribution in [0.25, 0.3) is 0 Å². The second-order valence-electron chi connectivity index (χ2n) is 0.932. The van der Waals surface area contributed by atoms with Gasteiger partial charge in [0, 0.05) is 7.77 Å². The predicted molar refractivity (Wildman–Crippen MR) is 27.4 cm³/mol. The van der Waals surface area contributed by atoms with E-state index in [1.54, 1.807) is 6.08 Å². The monoisotopic (exact) mass is 101 g/mol. The van der Waals surface area contributed by atoms with E-state index in [-0.39, 0.29) is 0 Å². The van der Waals surface area contributed by atoms with Gasteiger partial charge in [-0.05, 0) is 18.3 Å². The molecule has 0 aliphatic carbocycles. The van der Waals surface area contributed by atoms with Gasteiger partial charge in [-0.1, -0.05) is 0 Å². The van der Waals surface area contributed by atoms with Crippen LogP contribution in [-0.2, 0) is 4.74 Å². The van der Waals surface area contributed by atoms with Crippen LogP contribution in [-0.4, -0.2) is 5.05 Å². The molecule has 0 N–H and O–H groups in total. The van der Waals surface area contributed by atoms with Crippen molar-refractivity contribution >= 4 is 17.3 Å². The quantitative estimate of drug-likeness (QED) is 0.425. The summed E-state index contributed by atoms with van der Waals surface area (Å²) in [6, 6.07) is 0. The van der Waals surface area contributed by atoms with Gasteiger partial charge in [0.2, 0.25) is 0 Å². The van der Waals surface area contributed by atoms with Crippen molar-refractivity contribution in [3.63, 3.8) is 0 Å². The summed E-state index contributed by atoms with van der Waals surface area (Å²) in [7, 11) is 0. The molecular weight excluding hydrogens is 96.1 g/mol. The van der Waals surface area contributed by atoms with Gasteiger partial charge < -0.3 is 4.74 Å². The second kappa shape index (κ2) is 1.39. The molecule has 1 unspecified atom stereocenters. The van der Waals surface area contributed by atoms with Gasteiger partial charge in [-0.2, -0.15) is 0 Å². The zero-order valence-corrected chi connectivity index (χ0v) is 3.87. The Balaban J connectivity index is 2.62. The van der Waals surface area contributed by atoms with Gasteiger partial charge in [0.1, 0.15) is 0 Å². The molecule has 2 heteroatoms. The maximum atomic E-state index is 6.98. The van der Waals surface area contributed by atoms with E-state index in [4.69, 9.17) is 1.37 Å². The molecule has 1 rings (SSSR count). The van der Waals surface area contributed by atoms with Gasteiger partial charge >= 0.3 is 0 Å². The minimum atomic E-state index is -0.407. The first-order chi connectivity index (χ1) is 3.30. The third-order valence-electron chi connectivity index (χ3n) is 0.495. The highest BCUT2D eigenvalue weighted by molar-refractivity contribution is 7.80. The van der Waals surface area contributed by atoms with E-state index >= 15 is 0 Å². The summed E-state index contributed by atoms with van der Waals surface area (Å²) in [5.41, 5.74) is 0. The molecule has 0 aromatic rings. The molecule has 1 nitrogen and oxygen atoms in total. The zero-order chi connectivity index (χ0) is 5.28. The standard InChI is InChI=1S/C4H4OS/c6-4-2-1-3-5-4/h1,3H,2H2/i2D. The smallest absolute Gasteiger partial charge is 0.170 e. The number of hydrogen-bond acceptors (Lipinski definition) is 2. The molecule has 0 amide bonds. The largest absolute Gasteiger partial charge is 0.458 e. The van der Waals surface area contributed by atoms with Crippen LogP contribution < -0.4 is 0 Å². The average Bonchev–Trinajstić information content (AvgIpc) is 1.91. The Labute approximate surface area is 43.0 Å². The van der Waals surface area contributed by atoms with Crippen molar-refractivity contribution in [1.29, 1.82) is 0 Å². The van der Waals surface area contributed by atoms with Crippen LogP contribution in [0.5, 0.6) is 0 Å². The van der Waals surface area contributed by atoms with Crippen molar-refractivity contribution in [2.75, 3.05) is 0 Å². The van der Waals surface area contributed by atoms with Crippen molar-refractivity contribution in [2.45, 2.75) is 6.40 Å². The Morgan fingerprint density at radius 3 is 3.17 bits per heavy atom. The number of thiocarbonyl (C=S) groups is 1. The van der Waals surface area contributed by atoms with Crippen LogP contribution in [0.1, 0.15) is 7.77 Å². The predicted octanol–water partition coefficient (Wildman–Crippen LogP) is 1.25. The Bertz CT molecular complexity index is 121. The van der Waals surface area contributed by atoms with Gasteiger partial charge in [-0.15, -0.1) is 0 Å². The summed E-state index contributed by atoms with van der Waals surface area (Å²) >= 11 is 4.57. The normalized spacial score (nSPS) is 33.0. The van der Waals surface area contributed by atoms with Crippen LogP contribution >= 0.6 is 12.2 Å². The molecule has 0 saturated carbocycles. The average molecular weight is 101 g/mol. The fraction of sp³-hybridized carbons (Fsp3) is 0.250. The summed E-state index contributed by atoms with van der Waals surface area (Å²) < 4.78 is 11.6. The van der Waals surface area contributed by atoms with E-state index < -0.39 is 6.40 Å². The molecular formula is C4H4OS. The second-order valence-corrected chi connectivity index (χ2v) is 1.33. The first-order valence-corrected chi connectivity index (χ1v) is 2.01. The Morgan fingerprint density at radius 1 is 2.17 bits per heavy atom. The molecule has 0 aromatic carbocycles. The van der Waals surface area contributed by atoms with E-state index in [2.05, 4.69) is 17.0 Å². The van der Waals surface area contributed by atoms with E-state index in [0.29, 0.717) is 5.05 Å². The minimum Gasteiger partial charge on any atom is -0.458 e. The number of hydrogen-bond donors (Lipinski definition) is 0. The highest BCUT2D eigenvalue weighted by atomic mass is 32.1. The zero-order valence-electron chi connectivity index (χ0n) is 4.05. The van der Waals surface area contributed by atoms with Crippen LogP contribution in [0.15, 0.2) is 12.3 Å². The van der Waals surface area contributed by atoms with Crippen molar-refractivity contribution in [1.82, 2.24) is 0 Å². The van der Waals surface area contributed by atoms with Gasteiger partial charge in [0.05, 0.1) is 6.26 Å². The Morgan fingerprint density at radius 2 is 3.00 bits per heavy atom. The Hall–Kier alpha value is -0.370. The Kier molecular flexibility index (Phi) is 0.635. The lowest BCUT2D eigenvalue weighted by atomic mass is 10.5. The molecule has 6 heavy (non-hydrogen) atoms. The summed E-state index contributed by atoms with van der Waals surface area (Å²) in [4.78, 5) is 0. The first kappa shape index (κ1) is 2.75. The summed E-state index contributed by atoms with van der Waals surface area (Å²) in [5, 5.41) is 0.347. The van der Waals surface area contributed by atoms with Gasteiger partial charge in [-0.3, -0.25) is 0 Å². The van der Waals surface area contributed by atoms with Crippen molar-refractivity contribution in [3.05, 3.63) is 12.3 Å². The molecule has 0 bridgehead atoms. The van der Waals surface area contributed by atoms with Crippen LogP contribution in [0, 0.1) is 0 Å². The van der Waals surface area contributed by atoms with Gasteiger partial charge in [0.25, 0.3) is 0 Å². The molecule has 0 spiro atoms. The number of rotatable bonds is 0. The van der Waals surface area contributed by atoms with Crippen LogP contribution in [0.3, 0.4) is 0 Å². The molecule has 1 aliphatic heterocycles.